The standard InChI is InChI=1S/C16H27ClN2O2/c1-12(2)21-16-14(17)9-13(10-15(16)20-5)11-18-7-6-8-19(3)4/h9-10,12,18H,6-8,11H2,1-5H3. The summed E-state index contributed by atoms with van der Waals surface area (Å²) in [6.07, 6.45) is 1.18. The van der Waals surface area contributed by atoms with Crippen molar-refractivity contribution < 1.29 is 9.47 Å². The first kappa shape index (κ1) is 18.1. The Morgan fingerprint density at radius 3 is 2.57 bits per heavy atom. The van der Waals surface area contributed by atoms with Crippen LogP contribution in [0.5, 0.6) is 11.5 Å². The molecule has 1 N–H and O–H groups in total. The second kappa shape index (κ2) is 9.13. The van der Waals surface area contributed by atoms with E-state index in [4.69, 9.17) is 21.1 Å². The van der Waals surface area contributed by atoms with Crippen LogP contribution in [0.3, 0.4) is 0 Å². The maximum Gasteiger partial charge on any atom is 0.180 e. The van der Waals surface area contributed by atoms with E-state index in [0.29, 0.717) is 16.5 Å². The van der Waals surface area contributed by atoms with Gasteiger partial charge in [-0.05, 0) is 65.1 Å². The van der Waals surface area contributed by atoms with Crippen molar-refractivity contribution in [3.63, 3.8) is 0 Å². The molecule has 0 spiro atoms. The van der Waals surface area contributed by atoms with E-state index < -0.39 is 0 Å². The molecule has 0 heterocycles. The van der Waals surface area contributed by atoms with Crippen LogP contribution in [-0.4, -0.2) is 45.3 Å². The van der Waals surface area contributed by atoms with Gasteiger partial charge in [0.15, 0.2) is 11.5 Å². The normalized spacial score (nSPS) is 11.2. The highest BCUT2D eigenvalue weighted by Gasteiger charge is 2.13. The van der Waals surface area contributed by atoms with Crippen molar-refractivity contribution in [1.29, 1.82) is 0 Å². The molecule has 0 bridgehead atoms. The van der Waals surface area contributed by atoms with Crippen LogP contribution >= 0.6 is 11.6 Å². The number of nitrogens with one attached hydrogen (secondary N) is 1. The fraction of sp³-hybridized carbons (Fsp3) is 0.625. The number of hydrogen-bond donors (Lipinski definition) is 1. The number of benzene rings is 1. The van der Waals surface area contributed by atoms with Gasteiger partial charge in [-0.1, -0.05) is 11.6 Å². The van der Waals surface area contributed by atoms with Crippen LogP contribution in [0, 0.1) is 0 Å². The summed E-state index contributed by atoms with van der Waals surface area (Å²) in [4.78, 5) is 2.18. The van der Waals surface area contributed by atoms with Gasteiger partial charge in [0, 0.05) is 6.54 Å². The summed E-state index contributed by atoms with van der Waals surface area (Å²) in [6.45, 7) is 6.76. The molecule has 0 radical (unpaired) electrons. The predicted octanol–water partition coefficient (Wildman–Crippen LogP) is 3.18. The van der Waals surface area contributed by atoms with Crippen LogP contribution < -0.4 is 14.8 Å². The molecule has 1 aromatic carbocycles. The smallest absolute Gasteiger partial charge is 0.180 e. The molecular formula is C16H27ClN2O2. The third-order valence-electron chi connectivity index (χ3n) is 2.93. The van der Waals surface area contributed by atoms with Gasteiger partial charge < -0.3 is 19.7 Å². The Balaban J connectivity index is 2.62. The van der Waals surface area contributed by atoms with Gasteiger partial charge >= 0.3 is 0 Å². The highest BCUT2D eigenvalue weighted by atomic mass is 35.5. The maximum absolute atomic E-state index is 6.30. The molecule has 0 aliphatic carbocycles. The van der Waals surface area contributed by atoms with Crippen molar-refractivity contribution in [2.24, 2.45) is 0 Å². The Kier molecular flexibility index (Phi) is 7.86. The van der Waals surface area contributed by atoms with Crippen LogP contribution in [0.4, 0.5) is 0 Å². The zero-order valence-electron chi connectivity index (χ0n) is 13.7. The number of ether oxygens (including phenoxy) is 2. The second-order valence-electron chi connectivity index (χ2n) is 5.61. The van der Waals surface area contributed by atoms with Gasteiger partial charge in [0.1, 0.15) is 0 Å². The van der Waals surface area contributed by atoms with Crippen LogP contribution in [0.1, 0.15) is 25.8 Å². The summed E-state index contributed by atoms with van der Waals surface area (Å²) >= 11 is 6.30. The van der Waals surface area contributed by atoms with E-state index in [1.165, 1.54) is 0 Å². The Hall–Kier alpha value is -0.970. The lowest BCUT2D eigenvalue weighted by atomic mass is 10.2. The molecule has 1 aromatic rings. The van der Waals surface area contributed by atoms with Crippen molar-refractivity contribution in [2.45, 2.75) is 32.9 Å². The summed E-state index contributed by atoms with van der Waals surface area (Å²) in [5, 5.41) is 4.01. The monoisotopic (exact) mass is 314 g/mol. The predicted molar refractivity (Wildman–Crippen MR) is 88.6 cm³/mol. The van der Waals surface area contributed by atoms with Gasteiger partial charge in [-0.3, -0.25) is 0 Å². The summed E-state index contributed by atoms with van der Waals surface area (Å²) in [5.41, 5.74) is 1.10. The van der Waals surface area contributed by atoms with E-state index in [-0.39, 0.29) is 6.10 Å². The summed E-state index contributed by atoms with van der Waals surface area (Å²) in [7, 11) is 5.79. The summed E-state index contributed by atoms with van der Waals surface area (Å²) in [5.74, 6) is 1.30. The van der Waals surface area contributed by atoms with Gasteiger partial charge in [-0.2, -0.15) is 0 Å². The van der Waals surface area contributed by atoms with Crippen molar-refractivity contribution >= 4 is 11.6 Å². The highest BCUT2D eigenvalue weighted by molar-refractivity contribution is 6.32. The molecule has 0 aliphatic rings. The van der Waals surface area contributed by atoms with Crippen molar-refractivity contribution in [1.82, 2.24) is 10.2 Å². The van der Waals surface area contributed by atoms with Gasteiger partial charge in [0.25, 0.3) is 0 Å². The maximum atomic E-state index is 6.30. The molecule has 4 nitrogen and oxygen atoms in total. The highest BCUT2D eigenvalue weighted by Crippen LogP contribution is 2.37. The summed E-state index contributed by atoms with van der Waals surface area (Å²) < 4.78 is 11.1. The number of nitrogens with zero attached hydrogens (tertiary/aromatic N) is 1. The lowest BCUT2D eigenvalue weighted by molar-refractivity contribution is 0.230. The van der Waals surface area contributed by atoms with E-state index >= 15 is 0 Å². The van der Waals surface area contributed by atoms with Crippen molar-refractivity contribution in [2.75, 3.05) is 34.3 Å². The Bertz CT molecular complexity index is 437. The molecule has 0 amide bonds. The molecular weight excluding hydrogens is 288 g/mol. The molecule has 0 aromatic heterocycles. The fourth-order valence-electron chi connectivity index (χ4n) is 1.98. The number of methoxy groups -OCH3 is 1. The van der Waals surface area contributed by atoms with E-state index in [1.54, 1.807) is 7.11 Å². The van der Waals surface area contributed by atoms with Crippen molar-refractivity contribution in [3.8, 4) is 11.5 Å². The zero-order valence-corrected chi connectivity index (χ0v) is 14.5. The number of halogens is 1. The minimum absolute atomic E-state index is 0.0615. The van der Waals surface area contributed by atoms with E-state index in [2.05, 4.69) is 24.3 Å². The molecule has 0 aliphatic heterocycles. The molecule has 1 rings (SSSR count). The largest absolute Gasteiger partial charge is 0.493 e. The molecule has 5 heteroatoms. The van der Waals surface area contributed by atoms with Gasteiger partial charge in [-0.25, -0.2) is 0 Å². The van der Waals surface area contributed by atoms with Gasteiger partial charge in [-0.15, -0.1) is 0 Å². The first-order valence-electron chi connectivity index (χ1n) is 7.32. The zero-order chi connectivity index (χ0) is 15.8. The lowest BCUT2D eigenvalue weighted by Gasteiger charge is -2.16. The number of hydrogen-bond acceptors (Lipinski definition) is 4. The third kappa shape index (κ3) is 6.55. The van der Waals surface area contributed by atoms with Crippen LogP contribution in [0.2, 0.25) is 5.02 Å². The van der Waals surface area contributed by atoms with Crippen LogP contribution in [-0.2, 0) is 6.54 Å². The topological polar surface area (TPSA) is 33.7 Å². The van der Waals surface area contributed by atoms with E-state index in [1.807, 2.05) is 26.0 Å². The quantitative estimate of drug-likeness (QED) is 0.710. The fourth-order valence-corrected chi connectivity index (χ4v) is 2.26. The molecule has 0 saturated heterocycles. The Morgan fingerprint density at radius 2 is 2.00 bits per heavy atom. The first-order chi connectivity index (χ1) is 9.93. The molecule has 21 heavy (non-hydrogen) atoms. The van der Waals surface area contributed by atoms with Crippen molar-refractivity contribution in [3.05, 3.63) is 22.7 Å². The molecule has 120 valence electrons. The first-order valence-corrected chi connectivity index (χ1v) is 7.70. The molecule has 0 fully saturated rings. The summed E-state index contributed by atoms with van der Waals surface area (Å²) in [6, 6.07) is 3.91. The minimum atomic E-state index is 0.0615. The Labute approximate surface area is 133 Å². The average molecular weight is 315 g/mol. The number of rotatable bonds is 9. The molecule has 0 unspecified atom stereocenters. The van der Waals surface area contributed by atoms with Gasteiger partial charge in [0.05, 0.1) is 18.2 Å². The molecule has 0 atom stereocenters. The van der Waals surface area contributed by atoms with E-state index in [9.17, 15) is 0 Å². The minimum Gasteiger partial charge on any atom is -0.493 e. The average Bonchev–Trinajstić information content (AvgIpc) is 2.40. The second-order valence-corrected chi connectivity index (χ2v) is 6.02. The van der Waals surface area contributed by atoms with Crippen LogP contribution in [0.25, 0.3) is 0 Å². The van der Waals surface area contributed by atoms with E-state index in [0.717, 1.165) is 31.6 Å². The van der Waals surface area contributed by atoms with Gasteiger partial charge in [0.2, 0.25) is 0 Å². The lowest BCUT2D eigenvalue weighted by Crippen LogP contribution is -2.21. The Morgan fingerprint density at radius 1 is 1.29 bits per heavy atom. The van der Waals surface area contributed by atoms with Crippen LogP contribution in [0.15, 0.2) is 12.1 Å². The SMILES string of the molecule is COc1cc(CNCCCN(C)C)cc(Cl)c1OC(C)C. The third-order valence-corrected chi connectivity index (χ3v) is 3.21. The molecule has 0 saturated carbocycles.